The maximum atomic E-state index is 9.00. The van der Waals surface area contributed by atoms with Crippen LogP contribution in [-0.2, 0) is 6.61 Å². The fourth-order valence-corrected chi connectivity index (χ4v) is 1.34. The van der Waals surface area contributed by atoms with Crippen molar-refractivity contribution in [1.82, 2.24) is 15.0 Å². The van der Waals surface area contributed by atoms with Gasteiger partial charge in [-0.2, -0.15) is 0 Å². The minimum atomic E-state index is -0.113. The molecule has 2 aromatic rings. The molecule has 0 aliphatic heterocycles. The summed E-state index contributed by atoms with van der Waals surface area (Å²) in [4.78, 5) is 12.4. The quantitative estimate of drug-likeness (QED) is 0.831. The number of hydrogen-bond acceptors (Lipinski definition) is 5. The van der Waals surface area contributed by atoms with Crippen LogP contribution in [0.5, 0.6) is 5.88 Å². The molecule has 5 heteroatoms. The van der Waals surface area contributed by atoms with Crippen LogP contribution in [0.2, 0.25) is 0 Å². The third kappa shape index (κ3) is 1.99. The first-order valence-electron chi connectivity index (χ1n) is 4.77. The summed E-state index contributed by atoms with van der Waals surface area (Å²) < 4.78 is 5.12. The lowest BCUT2D eigenvalue weighted by Crippen LogP contribution is -1.97. The molecule has 1 N–H and O–H groups in total. The molecule has 2 aromatic heterocycles. The number of nitrogens with zero attached hydrogens (tertiary/aromatic N) is 3. The monoisotopic (exact) mass is 217 g/mol. The third-order valence-electron chi connectivity index (χ3n) is 2.08. The van der Waals surface area contributed by atoms with E-state index in [1.54, 1.807) is 31.6 Å². The number of ether oxygens (including phenoxy) is 1. The van der Waals surface area contributed by atoms with Gasteiger partial charge in [0.1, 0.15) is 0 Å². The van der Waals surface area contributed by atoms with Gasteiger partial charge in [-0.3, -0.25) is 0 Å². The molecule has 0 saturated heterocycles. The van der Waals surface area contributed by atoms with Gasteiger partial charge in [-0.15, -0.1) is 0 Å². The second-order valence-corrected chi connectivity index (χ2v) is 3.09. The van der Waals surface area contributed by atoms with Gasteiger partial charge in [0.05, 0.1) is 25.0 Å². The first kappa shape index (κ1) is 10.5. The van der Waals surface area contributed by atoms with Gasteiger partial charge >= 0.3 is 0 Å². The van der Waals surface area contributed by atoms with Gasteiger partial charge in [-0.25, -0.2) is 15.0 Å². The lowest BCUT2D eigenvalue weighted by Gasteiger charge is -2.05. The molecule has 0 fully saturated rings. The summed E-state index contributed by atoms with van der Waals surface area (Å²) in [6.45, 7) is -0.113. The Morgan fingerprint density at radius 1 is 1.25 bits per heavy atom. The van der Waals surface area contributed by atoms with Crippen LogP contribution in [0.3, 0.4) is 0 Å². The molecule has 0 bridgehead atoms. The number of aliphatic hydroxyl groups is 1. The highest BCUT2D eigenvalue weighted by molar-refractivity contribution is 5.60. The van der Waals surface area contributed by atoms with E-state index < -0.39 is 0 Å². The van der Waals surface area contributed by atoms with Crippen LogP contribution in [0, 0.1) is 0 Å². The SMILES string of the molecule is COc1ncccc1-c1nccc(CO)n1. The zero-order valence-corrected chi connectivity index (χ0v) is 8.79. The Hall–Kier alpha value is -2.01. The summed E-state index contributed by atoms with van der Waals surface area (Å²) in [5.74, 6) is 0.967. The lowest BCUT2D eigenvalue weighted by molar-refractivity contribution is 0.277. The van der Waals surface area contributed by atoms with Crippen LogP contribution in [0.25, 0.3) is 11.4 Å². The van der Waals surface area contributed by atoms with Crippen molar-refractivity contribution in [3.05, 3.63) is 36.3 Å². The molecule has 2 rings (SSSR count). The highest BCUT2D eigenvalue weighted by Gasteiger charge is 2.09. The van der Waals surface area contributed by atoms with E-state index in [0.29, 0.717) is 23.0 Å². The Morgan fingerprint density at radius 2 is 2.12 bits per heavy atom. The highest BCUT2D eigenvalue weighted by atomic mass is 16.5. The Bertz CT molecular complexity index is 488. The summed E-state index contributed by atoms with van der Waals surface area (Å²) in [6, 6.07) is 5.27. The van der Waals surface area contributed by atoms with E-state index in [0.717, 1.165) is 0 Å². The molecule has 0 atom stereocenters. The Balaban J connectivity index is 2.49. The molecule has 0 unspecified atom stereocenters. The van der Waals surface area contributed by atoms with Crippen LogP contribution < -0.4 is 4.74 Å². The van der Waals surface area contributed by atoms with E-state index in [4.69, 9.17) is 9.84 Å². The first-order chi connectivity index (χ1) is 7.85. The van der Waals surface area contributed by atoms with Crippen molar-refractivity contribution >= 4 is 0 Å². The predicted octanol–water partition coefficient (Wildman–Crippen LogP) is 1.04. The summed E-state index contributed by atoms with van der Waals surface area (Å²) in [7, 11) is 1.54. The standard InChI is InChI=1S/C11H11N3O2/c1-16-11-9(3-2-5-13-11)10-12-6-4-8(7-15)14-10/h2-6,15H,7H2,1H3. The number of aliphatic hydroxyl groups excluding tert-OH is 1. The predicted molar refractivity (Wildman–Crippen MR) is 57.7 cm³/mol. The van der Waals surface area contributed by atoms with Crippen molar-refractivity contribution in [2.75, 3.05) is 7.11 Å². The highest BCUT2D eigenvalue weighted by Crippen LogP contribution is 2.23. The molecule has 0 aliphatic carbocycles. The largest absolute Gasteiger partial charge is 0.480 e. The second-order valence-electron chi connectivity index (χ2n) is 3.09. The summed E-state index contributed by atoms with van der Waals surface area (Å²) in [5.41, 5.74) is 1.27. The van der Waals surface area contributed by atoms with E-state index in [-0.39, 0.29) is 6.61 Å². The van der Waals surface area contributed by atoms with Gasteiger partial charge in [-0.1, -0.05) is 0 Å². The fraction of sp³-hybridized carbons (Fsp3) is 0.182. The normalized spacial score (nSPS) is 10.1. The number of rotatable bonds is 3. The molecule has 2 heterocycles. The average molecular weight is 217 g/mol. The van der Waals surface area contributed by atoms with Crippen molar-refractivity contribution in [3.8, 4) is 17.3 Å². The molecular formula is C11H11N3O2. The first-order valence-corrected chi connectivity index (χ1v) is 4.77. The van der Waals surface area contributed by atoms with Crippen molar-refractivity contribution in [3.63, 3.8) is 0 Å². The van der Waals surface area contributed by atoms with Gasteiger partial charge in [0.2, 0.25) is 5.88 Å². The molecule has 0 aliphatic rings. The molecular weight excluding hydrogens is 206 g/mol. The van der Waals surface area contributed by atoms with E-state index in [1.165, 1.54) is 0 Å². The van der Waals surface area contributed by atoms with Crippen LogP contribution in [0.1, 0.15) is 5.69 Å². The maximum absolute atomic E-state index is 9.00. The van der Waals surface area contributed by atoms with Crippen molar-refractivity contribution in [1.29, 1.82) is 0 Å². The Morgan fingerprint density at radius 3 is 2.88 bits per heavy atom. The average Bonchev–Trinajstić information content (AvgIpc) is 2.38. The fourth-order valence-electron chi connectivity index (χ4n) is 1.34. The van der Waals surface area contributed by atoms with E-state index >= 15 is 0 Å². The molecule has 82 valence electrons. The summed E-state index contributed by atoms with van der Waals surface area (Å²) in [5, 5.41) is 9.00. The van der Waals surface area contributed by atoms with Crippen LogP contribution in [-0.4, -0.2) is 27.2 Å². The van der Waals surface area contributed by atoms with Gasteiger partial charge in [0, 0.05) is 12.4 Å². The van der Waals surface area contributed by atoms with Crippen LogP contribution in [0.15, 0.2) is 30.6 Å². The maximum Gasteiger partial charge on any atom is 0.224 e. The zero-order chi connectivity index (χ0) is 11.4. The molecule has 5 nitrogen and oxygen atoms in total. The summed E-state index contributed by atoms with van der Waals surface area (Å²) >= 11 is 0. The molecule has 16 heavy (non-hydrogen) atoms. The third-order valence-corrected chi connectivity index (χ3v) is 2.08. The van der Waals surface area contributed by atoms with Gasteiger partial charge < -0.3 is 9.84 Å². The van der Waals surface area contributed by atoms with Crippen LogP contribution >= 0.6 is 0 Å². The molecule has 0 saturated carbocycles. The number of hydrogen-bond donors (Lipinski definition) is 1. The smallest absolute Gasteiger partial charge is 0.224 e. The number of pyridine rings is 1. The van der Waals surface area contributed by atoms with E-state index in [1.807, 2.05) is 6.07 Å². The Labute approximate surface area is 92.8 Å². The minimum Gasteiger partial charge on any atom is -0.480 e. The van der Waals surface area contributed by atoms with Gasteiger partial charge in [-0.05, 0) is 18.2 Å². The topological polar surface area (TPSA) is 68.1 Å². The minimum absolute atomic E-state index is 0.113. The molecule has 0 radical (unpaired) electrons. The zero-order valence-electron chi connectivity index (χ0n) is 8.79. The van der Waals surface area contributed by atoms with E-state index in [2.05, 4.69) is 15.0 Å². The Kier molecular flexibility index (Phi) is 3.07. The van der Waals surface area contributed by atoms with Gasteiger partial charge in [0.15, 0.2) is 5.82 Å². The van der Waals surface area contributed by atoms with Crippen molar-refractivity contribution < 1.29 is 9.84 Å². The second kappa shape index (κ2) is 4.67. The molecule has 0 amide bonds. The summed E-state index contributed by atoms with van der Waals surface area (Å²) in [6.07, 6.45) is 3.23. The van der Waals surface area contributed by atoms with Crippen molar-refractivity contribution in [2.45, 2.75) is 6.61 Å². The number of methoxy groups -OCH3 is 1. The van der Waals surface area contributed by atoms with Crippen LogP contribution in [0.4, 0.5) is 0 Å². The van der Waals surface area contributed by atoms with E-state index in [9.17, 15) is 0 Å². The molecule has 0 aromatic carbocycles. The lowest BCUT2D eigenvalue weighted by atomic mass is 10.2. The number of aromatic nitrogens is 3. The van der Waals surface area contributed by atoms with Gasteiger partial charge in [0.25, 0.3) is 0 Å². The van der Waals surface area contributed by atoms with Crippen molar-refractivity contribution in [2.24, 2.45) is 0 Å². The molecule has 0 spiro atoms.